The molecule has 1 aromatic heterocycles. The summed E-state index contributed by atoms with van der Waals surface area (Å²) in [5.74, 6) is -1.07. The first-order valence-electron chi connectivity index (χ1n) is 9.75. The first kappa shape index (κ1) is 23.6. The third-order valence-electron chi connectivity index (χ3n) is 4.93. The highest BCUT2D eigenvalue weighted by atomic mass is 32.2. The largest absolute Gasteiger partial charge is 0.454 e. The van der Waals surface area contributed by atoms with Crippen LogP contribution in [-0.4, -0.2) is 48.7 Å². The molecule has 0 N–H and O–H groups in total. The van der Waals surface area contributed by atoms with Gasteiger partial charge in [-0.15, -0.1) is 6.58 Å². The number of aromatic nitrogens is 1. The number of nitrogens with zero attached hydrogens (tertiary/aromatic N) is 2. The number of benzene rings is 1. The van der Waals surface area contributed by atoms with Crippen molar-refractivity contribution < 1.29 is 22.7 Å². The van der Waals surface area contributed by atoms with E-state index in [2.05, 4.69) is 6.58 Å². The van der Waals surface area contributed by atoms with Gasteiger partial charge < -0.3 is 9.30 Å². The summed E-state index contributed by atoms with van der Waals surface area (Å²) in [7, 11) is -3.70. The summed E-state index contributed by atoms with van der Waals surface area (Å²) in [5.41, 5.74) is 2.25. The van der Waals surface area contributed by atoms with Crippen molar-refractivity contribution in [2.45, 2.75) is 39.1 Å². The van der Waals surface area contributed by atoms with Crippen LogP contribution in [-0.2, 0) is 21.3 Å². The second-order valence-electron chi connectivity index (χ2n) is 6.80. The van der Waals surface area contributed by atoms with E-state index in [9.17, 15) is 18.0 Å². The Kier molecular flexibility index (Phi) is 7.75. The van der Waals surface area contributed by atoms with Crippen molar-refractivity contribution in [1.29, 1.82) is 0 Å². The van der Waals surface area contributed by atoms with Crippen LogP contribution in [0, 0.1) is 13.8 Å². The molecule has 0 saturated carbocycles. The van der Waals surface area contributed by atoms with Gasteiger partial charge in [0.15, 0.2) is 6.61 Å². The van der Waals surface area contributed by atoms with Crippen LogP contribution in [0.15, 0.2) is 47.9 Å². The van der Waals surface area contributed by atoms with E-state index < -0.39 is 22.6 Å². The maximum atomic E-state index is 12.7. The number of esters is 1. The Morgan fingerprint density at radius 1 is 1.17 bits per heavy atom. The zero-order valence-corrected chi connectivity index (χ0v) is 18.7. The Hall–Kier alpha value is -2.71. The molecule has 2 aromatic rings. The number of ketones is 1. The van der Waals surface area contributed by atoms with Crippen molar-refractivity contribution in [1.82, 2.24) is 8.87 Å². The van der Waals surface area contributed by atoms with Gasteiger partial charge in [-0.25, -0.2) is 13.2 Å². The van der Waals surface area contributed by atoms with Crippen molar-refractivity contribution >= 4 is 21.8 Å². The van der Waals surface area contributed by atoms with Crippen LogP contribution in [0.25, 0.3) is 0 Å². The smallest absolute Gasteiger partial charge is 0.338 e. The number of carbonyl (C=O) groups is 2. The third kappa shape index (κ3) is 4.88. The molecule has 162 valence electrons. The number of aryl methyl sites for hydroxylation is 1. The van der Waals surface area contributed by atoms with Crippen molar-refractivity contribution in [2.75, 3.05) is 19.7 Å². The molecule has 0 bridgehead atoms. The minimum absolute atomic E-state index is 0.0138. The van der Waals surface area contributed by atoms with Crippen LogP contribution < -0.4 is 0 Å². The highest BCUT2D eigenvalue weighted by Gasteiger charge is 2.23. The second-order valence-corrected chi connectivity index (χ2v) is 8.74. The van der Waals surface area contributed by atoms with Gasteiger partial charge in [0.1, 0.15) is 0 Å². The maximum Gasteiger partial charge on any atom is 0.338 e. The van der Waals surface area contributed by atoms with Gasteiger partial charge >= 0.3 is 5.97 Å². The Balaban J connectivity index is 2.15. The van der Waals surface area contributed by atoms with E-state index in [4.69, 9.17) is 4.74 Å². The number of hydrogen-bond donors (Lipinski definition) is 0. The highest BCUT2D eigenvalue weighted by molar-refractivity contribution is 7.89. The second kappa shape index (κ2) is 9.86. The monoisotopic (exact) mass is 432 g/mol. The predicted molar refractivity (Wildman–Crippen MR) is 115 cm³/mol. The number of hydrogen-bond acceptors (Lipinski definition) is 5. The van der Waals surface area contributed by atoms with Crippen molar-refractivity contribution in [3.8, 4) is 0 Å². The van der Waals surface area contributed by atoms with Crippen LogP contribution in [0.2, 0.25) is 0 Å². The van der Waals surface area contributed by atoms with Crippen LogP contribution in [0.1, 0.15) is 46.0 Å². The fraction of sp³-hybridized carbons (Fsp3) is 0.364. The summed E-state index contributed by atoms with van der Waals surface area (Å²) < 4.78 is 33.7. The molecular formula is C22H28N2O5S. The normalized spacial score (nSPS) is 11.5. The molecule has 1 aromatic carbocycles. The summed E-state index contributed by atoms with van der Waals surface area (Å²) >= 11 is 0. The Morgan fingerprint density at radius 3 is 2.43 bits per heavy atom. The fourth-order valence-corrected chi connectivity index (χ4v) is 4.79. The molecule has 1 heterocycles. The van der Waals surface area contributed by atoms with Gasteiger partial charge in [0.05, 0.1) is 10.5 Å². The fourth-order valence-electron chi connectivity index (χ4n) is 3.28. The molecule has 0 aliphatic heterocycles. The summed E-state index contributed by atoms with van der Waals surface area (Å²) in [4.78, 5) is 25.0. The summed E-state index contributed by atoms with van der Waals surface area (Å²) in [5, 5.41) is 0. The first-order valence-corrected chi connectivity index (χ1v) is 11.2. The number of rotatable bonds is 10. The molecule has 2 rings (SSSR count). The van der Waals surface area contributed by atoms with E-state index in [0.29, 0.717) is 25.2 Å². The van der Waals surface area contributed by atoms with Gasteiger partial charge in [-0.3, -0.25) is 4.79 Å². The lowest BCUT2D eigenvalue weighted by Gasteiger charge is -2.18. The molecule has 8 heteroatoms. The molecule has 0 amide bonds. The number of allylic oxidation sites excluding steroid dienone is 1. The molecule has 0 aliphatic rings. The summed E-state index contributed by atoms with van der Waals surface area (Å²) in [6.45, 7) is 11.7. The van der Waals surface area contributed by atoms with Crippen LogP contribution in [0.5, 0.6) is 0 Å². The van der Waals surface area contributed by atoms with Crippen LogP contribution >= 0.6 is 0 Å². The van der Waals surface area contributed by atoms with Crippen molar-refractivity contribution in [3.63, 3.8) is 0 Å². The maximum absolute atomic E-state index is 12.7. The summed E-state index contributed by atoms with van der Waals surface area (Å²) in [6, 6.07) is 7.41. The number of sulfonamides is 1. The van der Waals surface area contributed by atoms with Gasteiger partial charge in [0.25, 0.3) is 0 Å². The molecule has 0 saturated heterocycles. The Morgan fingerprint density at radius 2 is 1.83 bits per heavy atom. The average Bonchev–Trinajstić information content (AvgIpc) is 3.01. The lowest BCUT2D eigenvalue weighted by atomic mass is 10.1. The van der Waals surface area contributed by atoms with Gasteiger partial charge in [0, 0.05) is 36.6 Å². The minimum atomic E-state index is -3.70. The van der Waals surface area contributed by atoms with E-state index in [1.165, 1.54) is 28.6 Å². The molecular weight excluding hydrogens is 404 g/mol. The zero-order valence-electron chi connectivity index (χ0n) is 17.8. The zero-order chi connectivity index (χ0) is 22.5. The van der Waals surface area contributed by atoms with Gasteiger partial charge in [-0.1, -0.05) is 26.0 Å². The lowest BCUT2D eigenvalue weighted by molar-refractivity contribution is 0.0474. The van der Waals surface area contributed by atoms with E-state index >= 15 is 0 Å². The number of ether oxygens (including phenoxy) is 1. The number of carbonyl (C=O) groups excluding carboxylic acids is 2. The molecule has 0 atom stereocenters. The van der Waals surface area contributed by atoms with E-state index in [1.54, 1.807) is 26.0 Å². The van der Waals surface area contributed by atoms with E-state index in [-0.39, 0.29) is 16.2 Å². The van der Waals surface area contributed by atoms with Gasteiger partial charge in [0.2, 0.25) is 15.8 Å². The summed E-state index contributed by atoms with van der Waals surface area (Å²) in [6.07, 6.45) is 1.74. The van der Waals surface area contributed by atoms with Gasteiger partial charge in [-0.05, 0) is 38.1 Å². The number of Topliss-reactive ketones (excluding diaryl/α,β-unsaturated/α-hetero) is 1. The van der Waals surface area contributed by atoms with Gasteiger partial charge in [-0.2, -0.15) is 4.31 Å². The van der Waals surface area contributed by atoms with Crippen molar-refractivity contribution in [3.05, 3.63) is 65.5 Å². The first-order chi connectivity index (χ1) is 14.2. The molecule has 30 heavy (non-hydrogen) atoms. The molecule has 0 spiro atoms. The molecule has 0 radical (unpaired) electrons. The molecule has 0 fully saturated rings. The Bertz CT molecular complexity index is 1050. The average molecular weight is 433 g/mol. The molecule has 7 nitrogen and oxygen atoms in total. The van der Waals surface area contributed by atoms with E-state index in [0.717, 1.165) is 11.4 Å². The molecule has 0 aliphatic carbocycles. The van der Waals surface area contributed by atoms with E-state index in [1.807, 2.05) is 18.4 Å². The Labute approximate surface area is 178 Å². The van der Waals surface area contributed by atoms with Crippen molar-refractivity contribution in [2.24, 2.45) is 0 Å². The third-order valence-corrected chi connectivity index (χ3v) is 6.98. The van der Waals surface area contributed by atoms with Crippen LogP contribution in [0.3, 0.4) is 0 Å². The predicted octanol–water partition coefficient (Wildman–Crippen LogP) is 3.36. The molecule has 0 unspecified atom stereocenters. The lowest BCUT2D eigenvalue weighted by Crippen LogP contribution is -2.30. The van der Waals surface area contributed by atoms with Crippen LogP contribution in [0.4, 0.5) is 0 Å². The standard InChI is InChI=1S/C22H28N2O5S/c1-6-12-24-16(4)13-20(17(24)5)21(25)15-29-22(26)18-10-9-11-19(14-18)30(27,28)23(7-2)8-3/h6,9-11,13-14H,1,7-8,12,15H2,2-5H3. The topological polar surface area (TPSA) is 85.7 Å². The quantitative estimate of drug-likeness (QED) is 0.326. The SMILES string of the molecule is C=CCn1c(C)cc(C(=O)COC(=O)c2cccc(S(=O)(=O)N(CC)CC)c2)c1C. The highest BCUT2D eigenvalue weighted by Crippen LogP contribution is 2.19. The minimum Gasteiger partial charge on any atom is -0.454 e.